The fraction of sp³-hybridized carbons (Fsp3) is 0.650. The van der Waals surface area contributed by atoms with E-state index in [1.807, 2.05) is 24.1 Å². The van der Waals surface area contributed by atoms with Gasteiger partial charge in [-0.05, 0) is 37.2 Å². The number of morpholine rings is 1. The summed E-state index contributed by atoms with van der Waals surface area (Å²) < 4.78 is 11.4. The Morgan fingerprint density at radius 1 is 1.41 bits per heavy atom. The Morgan fingerprint density at radius 2 is 2.15 bits per heavy atom. The van der Waals surface area contributed by atoms with Gasteiger partial charge in [0.25, 0.3) is 0 Å². The fourth-order valence-electron chi connectivity index (χ4n) is 3.04. The van der Waals surface area contributed by atoms with Crippen molar-refractivity contribution in [3.05, 3.63) is 29.3 Å². The van der Waals surface area contributed by atoms with Gasteiger partial charge in [-0.2, -0.15) is 0 Å². The minimum absolute atomic E-state index is 0.00794. The molecule has 0 aliphatic carbocycles. The molecule has 0 radical (unpaired) electrons. The summed E-state index contributed by atoms with van der Waals surface area (Å²) in [6.45, 7) is 10.2. The topological polar surface area (TPSA) is 54.0 Å². The van der Waals surface area contributed by atoms with Crippen LogP contribution in [0, 0.1) is 5.92 Å². The van der Waals surface area contributed by atoms with Crippen LogP contribution >= 0.6 is 11.6 Å². The second-order valence-electron chi connectivity index (χ2n) is 7.49. The maximum absolute atomic E-state index is 12.1. The Morgan fingerprint density at radius 3 is 2.85 bits per heavy atom. The van der Waals surface area contributed by atoms with Crippen LogP contribution in [0.5, 0.6) is 5.75 Å². The number of halogens is 1. The quantitative estimate of drug-likeness (QED) is 0.655. The van der Waals surface area contributed by atoms with Crippen LogP contribution in [0.4, 0.5) is 0 Å². The summed E-state index contributed by atoms with van der Waals surface area (Å²) in [7, 11) is 1.91. The lowest BCUT2D eigenvalue weighted by Crippen LogP contribution is -2.49. The highest BCUT2D eigenvalue weighted by molar-refractivity contribution is 6.30. The highest BCUT2D eigenvalue weighted by atomic mass is 35.5. The lowest BCUT2D eigenvalue weighted by atomic mass is 10.2. The van der Waals surface area contributed by atoms with Gasteiger partial charge in [-0.15, -0.1) is 0 Å². The first-order chi connectivity index (χ1) is 12.9. The molecular weight excluding hydrogens is 366 g/mol. The van der Waals surface area contributed by atoms with E-state index in [0.717, 1.165) is 32.0 Å². The van der Waals surface area contributed by atoms with E-state index in [9.17, 15) is 4.79 Å². The van der Waals surface area contributed by atoms with Gasteiger partial charge < -0.3 is 14.8 Å². The molecule has 1 saturated heterocycles. The number of ether oxygens (including phenoxy) is 2. The molecule has 1 aromatic rings. The first kappa shape index (κ1) is 22.0. The molecule has 2 rings (SSSR count). The number of amides is 1. The molecular formula is C20H32ClN3O3. The SMILES string of the molecule is CC(C)CN1CCOC(CNC(=O)CN(C)CCOc2ccc(Cl)cc2)C1. The van der Waals surface area contributed by atoms with Crippen LogP contribution in [0.25, 0.3) is 0 Å². The number of benzene rings is 1. The first-order valence-corrected chi connectivity index (χ1v) is 9.97. The molecule has 1 atom stereocenters. The third-order valence-electron chi connectivity index (χ3n) is 4.34. The Labute approximate surface area is 167 Å². The molecule has 1 aliphatic rings. The molecule has 1 aliphatic heterocycles. The number of hydrogen-bond acceptors (Lipinski definition) is 5. The zero-order valence-electron chi connectivity index (χ0n) is 16.6. The average molecular weight is 398 g/mol. The van der Waals surface area contributed by atoms with Crippen LogP contribution in [0.2, 0.25) is 5.02 Å². The van der Waals surface area contributed by atoms with Crippen molar-refractivity contribution in [2.75, 3.05) is 59.5 Å². The van der Waals surface area contributed by atoms with Crippen molar-refractivity contribution in [1.82, 2.24) is 15.1 Å². The van der Waals surface area contributed by atoms with E-state index < -0.39 is 0 Å². The van der Waals surface area contributed by atoms with Gasteiger partial charge in [-0.25, -0.2) is 0 Å². The lowest BCUT2D eigenvalue weighted by Gasteiger charge is -2.34. The standard InChI is InChI=1S/C20H32ClN3O3/c1-16(2)13-24-9-11-27-19(14-24)12-22-20(25)15-23(3)8-10-26-18-6-4-17(21)5-7-18/h4-7,16,19H,8-15H2,1-3H3,(H,22,25). The fourth-order valence-corrected chi connectivity index (χ4v) is 3.17. The van der Waals surface area contributed by atoms with Gasteiger partial charge >= 0.3 is 0 Å². The summed E-state index contributed by atoms with van der Waals surface area (Å²) in [4.78, 5) is 16.5. The highest BCUT2D eigenvalue weighted by Gasteiger charge is 2.21. The van der Waals surface area contributed by atoms with Gasteiger partial charge in [0, 0.05) is 37.7 Å². The molecule has 1 amide bonds. The Hall–Kier alpha value is -1.34. The van der Waals surface area contributed by atoms with E-state index in [4.69, 9.17) is 21.1 Å². The second kappa shape index (κ2) is 11.5. The molecule has 0 bridgehead atoms. The smallest absolute Gasteiger partial charge is 0.234 e. The van der Waals surface area contributed by atoms with Gasteiger partial charge in [0.2, 0.25) is 5.91 Å². The molecule has 1 aromatic carbocycles. The zero-order valence-corrected chi connectivity index (χ0v) is 17.4. The lowest BCUT2D eigenvalue weighted by molar-refractivity contribution is -0.123. The summed E-state index contributed by atoms with van der Waals surface area (Å²) in [5.74, 6) is 1.42. The predicted octanol–water partition coefficient (Wildman–Crippen LogP) is 2.12. The van der Waals surface area contributed by atoms with Crippen molar-refractivity contribution < 1.29 is 14.3 Å². The molecule has 0 aromatic heterocycles. The molecule has 1 fully saturated rings. The van der Waals surface area contributed by atoms with E-state index in [1.54, 1.807) is 12.1 Å². The minimum atomic E-state index is 0.00794. The van der Waals surface area contributed by atoms with E-state index in [-0.39, 0.29) is 12.0 Å². The second-order valence-corrected chi connectivity index (χ2v) is 7.93. The van der Waals surface area contributed by atoms with Crippen LogP contribution in [-0.2, 0) is 9.53 Å². The van der Waals surface area contributed by atoms with Crippen molar-refractivity contribution >= 4 is 17.5 Å². The summed E-state index contributed by atoms with van der Waals surface area (Å²) >= 11 is 5.85. The van der Waals surface area contributed by atoms with Gasteiger partial charge in [0.1, 0.15) is 12.4 Å². The predicted molar refractivity (Wildman–Crippen MR) is 108 cm³/mol. The van der Waals surface area contributed by atoms with E-state index in [2.05, 4.69) is 24.1 Å². The molecule has 152 valence electrons. The average Bonchev–Trinajstić information content (AvgIpc) is 2.61. The van der Waals surface area contributed by atoms with Crippen LogP contribution in [0.3, 0.4) is 0 Å². The summed E-state index contributed by atoms with van der Waals surface area (Å²) in [6, 6.07) is 7.26. The molecule has 1 N–H and O–H groups in total. The molecule has 7 heteroatoms. The third kappa shape index (κ3) is 8.93. The van der Waals surface area contributed by atoms with Gasteiger partial charge in [0.15, 0.2) is 0 Å². The molecule has 0 saturated carbocycles. The van der Waals surface area contributed by atoms with E-state index in [0.29, 0.717) is 37.2 Å². The van der Waals surface area contributed by atoms with Crippen molar-refractivity contribution in [1.29, 1.82) is 0 Å². The number of nitrogens with zero attached hydrogens (tertiary/aromatic N) is 2. The number of nitrogens with one attached hydrogen (secondary N) is 1. The molecule has 1 unspecified atom stereocenters. The van der Waals surface area contributed by atoms with Gasteiger partial charge in [-0.1, -0.05) is 25.4 Å². The zero-order chi connectivity index (χ0) is 19.6. The van der Waals surface area contributed by atoms with Crippen LogP contribution in [-0.4, -0.2) is 81.3 Å². The third-order valence-corrected chi connectivity index (χ3v) is 4.59. The molecule has 0 spiro atoms. The maximum Gasteiger partial charge on any atom is 0.234 e. The van der Waals surface area contributed by atoms with Crippen molar-refractivity contribution in [3.8, 4) is 5.75 Å². The van der Waals surface area contributed by atoms with E-state index >= 15 is 0 Å². The Balaban J connectivity index is 1.59. The van der Waals surface area contributed by atoms with Crippen LogP contribution < -0.4 is 10.1 Å². The Bertz CT molecular complexity index is 568. The molecule has 1 heterocycles. The minimum Gasteiger partial charge on any atom is -0.492 e. The van der Waals surface area contributed by atoms with Crippen LogP contribution in [0.1, 0.15) is 13.8 Å². The largest absolute Gasteiger partial charge is 0.492 e. The number of carbonyl (C=O) groups excluding carboxylic acids is 1. The summed E-state index contributed by atoms with van der Waals surface area (Å²) in [5.41, 5.74) is 0. The van der Waals surface area contributed by atoms with Crippen molar-refractivity contribution in [2.24, 2.45) is 5.92 Å². The molecule has 6 nitrogen and oxygen atoms in total. The Kier molecular flexibility index (Phi) is 9.34. The summed E-state index contributed by atoms with van der Waals surface area (Å²) in [5, 5.41) is 3.67. The molecule has 27 heavy (non-hydrogen) atoms. The highest BCUT2D eigenvalue weighted by Crippen LogP contribution is 2.15. The monoisotopic (exact) mass is 397 g/mol. The normalized spacial score (nSPS) is 18.1. The van der Waals surface area contributed by atoms with Gasteiger partial charge in [0.05, 0.1) is 19.3 Å². The van der Waals surface area contributed by atoms with Crippen molar-refractivity contribution in [3.63, 3.8) is 0 Å². The van der Waals surface area contributed by atoms with Crippen LogP contribution in [0.15, 0.2) is 24.3 Å². The number of hydrogen-bond donors (Lipinski definition) is 1. The maximum atomic E-state index is 12.1. The number of likely N-dealkylation sites (N-methyl/N-ethyl adjacent to an activating group) is 1. The number of carbonyl (C=O) groups is 1. The van der Waals surface area contributed by atoms with Crippen molar-refractivity contribution in [2.45, 2.75) is 20.0 Å². The van der Waals surface area contributed by atoms with E-state index in [1.165, 1.54) is 0 Å². The first-order valence-electron chi connectivity index (χ1n) is 9.60. The number of rotatable bonds is 10. The summed E-state index contributed by atoms with van der Waals surface area (Å²) in [6.07, 6.45) is 0.0694. The van der Waals surface area contributed by atoms with Gasteiger partial charge in [-0.3, -0.25) is 14.6 Å².